The van der Waals surface area contributed by atoms with Gasteiger partial charge in [0.2, 0.25) is 0 Å². The second kappa shape index (κ2) is 7.51. The van der Waals surface area contributed by atoms with Crippen LogP contribution in [-0.4, -0.2) is 12.3 Å². The van der Waals surface area contributed by atoms with E-state index in [4.69, 9.17) is 16.3 Å². The standard InChI is InChI=1S/C19H21ClN2O/c1-14-6-9-16(12-19(14)20)22-21-13-15-7-10-18(11-8-15)23-17-4-2-3-5-17/h6-13,17,22H,2-5H2,1H3. The summed E-state index contributed by atoms with van der Waals surface area (Å²) < 4.78 is 5.95. The number of hydrogen-bond donors (Lipinski definition) is 1. The first-order chi connectivity index (χ1) is 11.2. The molecule has 0 unspecified atom stereocenters. The van der Waals surface area contributed by atoms with Crippen molar-refractivity contribution in [2.24, 2.45) is 5.10 Å². The fourth-order valence-electron chi connectivity index (χ4n) is 2.67. The summed E-state index contributed by atoms with van der Waals surface area (Å²) in [5.41, 5.74) is 5.94. The van der Waals surface area contributed by atoms with Crippen molar-refractivity contribution in [3.63, 3.8) is 0 Å². The van der Waals surface area contributed by atoms with E-state index in [1.54, 1.807) is 6.21 Å². The van der Waals surface area contributed by atoms with Crippen molar-refractivity contribution in [3.05, 3.63) is 58.6 Å². The monoisotopic (exact) mass is 328 g/mol. The minimum Gasteiger partial charge on any atom is -0.490 e. The smallest absolute Gasteiger partial charge is 0.119 e. The molecule has 0 heterocycles. The number of rotatable bonds is 5. The van der Waals surface area contributed by atoms with E-state index in [9.17, 15) is 0 Å². The van der Waals surface area contributed by atoms with Gasteiger partial charge in [-0.15, -0.1) is 0 Å². The maximum absolute atomic E-state index is 6.09. The molecule has 0 radical (unpaired) electrons. The van der Waals surface area contributed by atoms with E-state index >= 15 is 0 Å². The van der Waals surface area contributed by atoms with Gasteiger partial charge in [-0.05, 0) is 80.1 Å². The molecule has 2 aromatic rings. The molecular formula is C19H21ClN2O. The lowest BCUT2D eigenvalue weighted by molar-refractivity contribution is 0.210. The third-order valence-corrected chi connectivity index (χ3v) is 4.47. The molecule has 0 atom stereocenters. The molecule has 3 rings (SSSR count). The Morgan fingerprint density at radius 3 is 2.57 bits per heavy atom. The fourth-order valence-corrected chi connectivity index (χ4v) is 2.86. The molecule has 120 valence electrons. The first kappa shape index (κ1) is 15.9. The predicted molar refractivity (Wildman–Crippen MR) is 96.7 cm³/mol. The highest BCUT2D eigenvalue weighted by atomic mass is 35.5. The summed E-state index contributed by atoms with van der Waals surface area (Å²) >= 11 is 6.09. The van der Waals surface area contributed by atoms with E-state index in [2.05, 4.69) is 10.5 Å². The lowest BCUT2D eigenvalue weighted by Crippen LogP contribution is -2.10. The molecule has 0 aromatic heterocycles. The zero-order valence-corrected chi connectivity index (χ0v) is 14.0. The summed E-state index contributed by atoms with van der Waals surface area (Å²) in [6, 6.07) is 13.8. The molecule has 1 saturated carbocycles. The topological polar surface area (TPSA) is 33.6 Å². The zero-order chi connectivity index (χ0) is 16.1. The average Bonchev–Trinajstić information content (AvgIpc) is 3.05. The summed E-state index contributed by atoms with van der Waals surface area (Å²) in [5, 5.41) is 4.98. The Labute approximate surface area is 142 Å². The van der Waals surface area contributed by atoms with Crippen LogP contribution >= 0.6 is 11.6 Å². The molecule has 0 spiro atoms. The highest BCUT2D eigenvalue weighted by molar-refractivity contribution is 6.31. The fraction of sp³-hybridized carbons (Fsp3) is 0.316. The van der Waals surface area contributed by atoms with Crippen LogP contribution in [0.25, 0.3) is 0 Å². The zero-order valence-electron chi connectivity index (χ0n) is 13.3. The van der Waals surface area contributed by atoms with Gasteiger partial charge in [-0.3, -0.25) is 5.43 Å². The molecule has 3 nitrogen and oxygen atoms in total. The number of benzene rings is 2. The van der Waals surface area contributed by atoms with E-state index in [-0.39, 0.29) is 0 Å². The van der Waals surface area contributed by atoms with Gasteiger partial charge in [0.1, 0.15) is 5.75 Å². The van der Waals surface area contributed by atoms with Crippen molar-refractivity contribution in [1.82, 2.24) is 0 Å². The van der Waals surface area contributed by atoms with Gasteiger partial charge in [-0.25, -0.2) is 0 Å². The second-order valence-corrected chi connectivity index (χ2v) is 6.33. The Kier molecular flexibility index (Phi) is 5.19. The van der Waals surface area contributed by atoms with Crippen LogP contribution in [0.3, 0.4) is 0 Å². The van der Waals surface area contributed by atoms with Gasteiger partial charge in [0, 0.05) is 5.02 Å². The SMILES string of the molecule is Cc1ccc(NN=Cc2ccc(OC3CCCC3)cc2)cc1Cl. The Hall–Kier alpha value is -2.00. The number of anilines is 1. The third kappa shape index (κ3) is 4.49. The number of aryl methyl sites for hydroxylation is 1. The molecule has 0 aliphatic heterocycles. The van der Waals surface area contributed by atoms with Crippen LogP contribution < -0.4 is 10.2 Å². The minimum absolute atomic E-state index is 0.391. The van der Waals surface area contributed by atoms with E-state index in [0.29, 0.717) is 6.10 Å². The van der Waals surface area contributed by atoms with Crippen LogP contribution in [0, 0.1) is 6.92 Å². The van der Waals surface area contributed by atoms with Crippen LogP contribution in [0.5, 0.6) is 5.75 Å². The Balaban J connectivity index is 1.55. The molecule has 0 bridgehead atoms. The van der Waals surface area contributed by atoms with Crippen LogP contribution in [0.15, 0.2) is 47.6 Å². The Morgan fingerprint density at radius 1 is 1.13 bits per heavy atom. The number of hydrogen-bond acceptors (Lipinski definition) is 3. The number of nitrogens with zero attached hydrogens (tertiary/aromatic N) is 1. The highest BCUT2D eigenvalue weighted by Gasteiger charge is 2.16. The van der Waals surface area contributed by atoms with Crippen molar-refractivity contribution in [2.45, 2.75) is 38.7 Å². The summed E-state index contributed by atoms with van der Waals surface area (Å²) in [5.74, 6) is 0.937. The van der Waals surface area contributed by atoms with Gasteiger partial charge < -0.3 is 4.74 Å². The summed E-state index contributed by atoms with van der Waals surface area (Å²) in [4.78, 5) is 0. The normalized spacial score (nSPS) is 15.2. The maximum atomic E-state index is 6.09. The quantitative estimate of drug-likeness (QED) is 0.587. The number of halogens is 1. The first-order valence-electron chi connectivity index (χ1n) is 8.03. The van der Waals surface area contributed by atoms with Crippen molar-refractivity contribution >= 4 is 23.5 Å². The maximum Gasteiger partial charge on any atom is 0.119 e. The van der Waals surface area contributed by atoms with Gasteiger partial charge in [-0.1, -0.05) is 17.7 Å². The predicted octanol–water partition coefficient (Wildman–Crippen LogP) is 5.42. The minimum atomic E-state index is 0.391. The molecule has 23 heavy (non-hydrogen) atoms. The Morgan fingerprint density at radius 2 is 1.87 bits per heavy atom. The molecule has 4 heteroatoms. The first-order valence-corrected chi connectivity index (χ1v) is 8.40. The van der Waals surface area contributed by atoms with Gasteiger partial charge in [0.15, 0.2) is 0 Å². The molecular weight excluding hydrogens is 308 g/mol. The molecule has 1 aliphatic carbocycles. The lowest BCUT2D eigenvalue weighted by Gasteiger charge is -2.12. The summed E-state index contributed by atoms with van der Waals surface area (Å²) in [6.07, 6.45) is 7.09. The largest absolute Gasteiger partial charge is 0.490 e. The van der Waals surface area contributed by atoms with E-state index in [0.717, 1.165) is 27.6 Å². The highest BCUT2D eigenvalue weighted by Crippen LogP contribution is 2.24. The average molecular weight is 329 g/mol. The van der Waals surface area contributed by atoms with Crippen LogP contribution in [0.1, 0.15) is 36.8 Å². The molecule has 1 aliphatic rings. The Bertz CT molecular complexity index is 676. The van der Waals surface area contributed by atoms with Crippen molar-refractivity contribution in [1.29, 1.82) is 0 Å². The lowest BCUT2D eigenvalue weighted by atomic mass is 10.2. The van der Waals surface area contributed by atoms with E-state index in [1.807, 2.05) is 49.4 Å². The van der Waals surface area contributed by atoms with Gasteiger partial charge in [0.25, 0.3) is 0 Å². The van der Waals surface area contributed by atoms with Crippen LogP contribution in [0.4, 0.5) is 5.69 Å². The summed E-state index contributed by atoms with van der Waals surface area (Å²) in [7, 11) is 0. The number of hydrazone groups is 1. The molecule has 1 N–H and O–H groups in total. The number of nitrogens with one attached hydrogen (secondary N) is 1. The third-order valence-electron chi connectivity index (χ3n) is 4.06. The van der Waals surface area contributed by atoms with Gasteiger partial charge in [0.05, 0.1) is 18.0 Å². The van der Waals surface area contributed by atoms with Crippen LogP contribution in [-0.2, 0) is 0 Å². The van der Waals surface area contributed by atoms with Crippen molar-refractivity contribution in [3.8, 4) is 5.75 Å². The molecule has 2 aromatic carbocycles. The van der Waals surface area contributed by atoms with Gasteiger partial charge >= 0.3 is 0 Å². The van der Waals surface area contributed by atoms with E-state index in [1.165, 1.54) is 25.7 Å². The van der Waals surface area contributed by atoms with Gasteiger partial charge in [-0.2, -0.15) is 5.10 Å². The van der Waals surface area contributed by atoms with Crippen molar-refractivity contribution in [2.75, 3.05) is 5.43 Å². The molecule has 0 amide bonds. The second-order valence-electron chi connectivity index (χ2n) is 5.93. The number of ether oxygens (including phenoxy) is 1. The van der Waals surface area contributed by atoms with Crippen LogP contribution in [0.2, 0.25) is 5.02 Å². The van der Waals surface area contributed by atoms with E-state index < -0.39 is 0 Å². The molecule has 0 saturated heterocycles. The van der Waals surface area contributed by atoms with Crippen molar-refractivity contribution < 1.29 is 4.74 Å². The summed E-state index contributed by atoms with van der Waals surface area (Å²) in [6.45, 7) is 1.98. The molecule has 1 fully saturated rings.